The smallest absolute Gasteiger partial charge is 0.408 e. The standard InChI is InChI=1S/C13H16N2O3/c1-3-8(2)14-12(16)7-9-4-5-11-10(6-9)15-13(17)18-11/h4-6,8H,3,7H2,1-2H3,(H,14,16)(H,15,17). The first kappa shape index (κ1) is 12.4. The molecule has 0 aliphatic rings. The van der Waals surface area contributed by atoms with E-state index in [-0.39, 0.29) is 11.9 Å². The largest absolute Gasteiger partial charge is 0.417 e. The highest BCUT2D eigenvalue weighted by molar-refractivity contribution is 5.81. The third-order valence-corrected chi connectivity index (χ3v) is 2.87. The number of fused-ring (bicyclic) bond motifs is 1. The summed E-state index contributed by atoms with van der Waals surface area (Å²) in [6.45, 7) is 3.99. The van der Waals surface area contributed by atoms with Gasteiger partial charge in [0, 0.05) is 6.04 Å². The molecule has 0 aliphatic heterocycles. The van der Waals surface area contributed by atoms with Gasteiger partial charge in [-0.15, -0.1) is 0 Å². The Kier molecular flexibility index (Phi) is 3.50. The number of nitrogens with one attached hydrogen (secondary N) is 2. The van der Waals surface area contributed by atoms with Crippen molar-refractivity contribution in [2.75, 3.05) is 0 Å². The van der Waals surface area contributed by atoms with Crippen molar-refractivity contribution >= 4 is 17.0 Å². The topological polar surface area (TPSA) is 75.1 Å². The van der Waals surface area contributed by atoms with E-state index < -0.39 is 5.76 Å². The number of H-pyrrole nitrogens is 1. The molecular weight excluding hydrogens is 232 g/mol. The van der Waals surface area contributed by atoms with Gasteiger partial charge in [0.05, 0.1) is 11.9 Å². The summed E-state index contributed by atoms with van der Waals surface area (Å²) in [4.78, 5) is 25.3. The number of benzene rings is 1. The minimum absolute atomic E-state index is 0.0189. The monoisotopic (exact) mass is 248 g/mol. The lowest BCUT2D eigenvalue weighted by Crippen LogP contribution is -2.33. The predicted octanol–water partition coefficient (Wildman–Crippen LogP) is 1.58. The number of hydrogen-bond acceptors (Lipinski definition) is 3. The fourth-order valence-electron chi connectivity index (χ4n) is 1.72. The van der Waals surface area contributed by atoms with Gasteiger partial charge in [-0.1, -0.05) is 13.0 Å². The first-order chi connectivity index (χ1) is 8.58. The Morgan fingerprint density at radius 2 is 2.28 bits per heavy atom. The molecule has 96 valence electrons. The zero-order valence-electron chi connectivity index (χ0n) is 10.4. The molecule has 1 aromatic heterocycles. The molecule has 0 saturated heterocycles. The number of amides is 1. The van der Waals surface area contributed by atoms with Gasteiger partial charge in [-0.2, -0.15) is 0 Å². The number of carbonyl (C=O) groups is 1. The Balaban J connectivity index is 2.11. The number of aromatic nitrogens is 1. The van der Waals surface area contributed by atoms with Crippen LogP contribution in [0.4, 0.5) is 0 Å². The van der Waals surface area contributed by atoms with E-state index in [1.54, 1.807) is 18.2 Å². The van der Waals surface area contributed by atoms with Crippen molar-refractivity contribution in [3.63, 3.8) is 0 Å². The summed E-state index contributed by atoms with van der Waals surface area (Å²) in [5, 5.41) is 2.90. The maximum absolute atomic E-state index is 11.7. The molecule has 1 heterocycles. The lowest BCUT2D eigenvalue weighted by atomic mass is 10.1. The summed E-state index contributed by atoms with van der Waals surface area (Å²) in [6.07, 6.45) is 1.20. The molecule has 0 fully saturated rings. The Labute approximate surface area is 104 Å². The van der Waals surface area contributed by atoms with Crippen LogP contribution < -0.4 is 11.1 Å². The number of oxazole rings is 1. The molecule has 1 amide bonds. The molecule has 0 aliphatic carbocycles. The SMILES string of the molecule is CCC(C)NC(=O)Cc1ccc2oc(=O)[nH]c2c1. The predicted molar refractivity (Wildman–Crippen MR) is 68.4 cm³/mol. The normalized spacial score (nSPS) is 12.6. The zero-order chi connectivity index (χ0) is 13.1. The first-order valence-corrected chi connectivity index (χ1v) is 5.99. The molecule has 2 N–H and O–H groups in total. The molecule has 18 heavy (non-hydrogen) atoms. The van der Waals surface area contributed by atoms with E-state index in [1.807, 2.05) is 13.8 Å². The van der Waals surface area contributed by atoms with Crippen LogP contribution in [0.15, 0.2) is 27.4 Å². The highest BCUT2D eigenvalue weighted by Crippen LogP contribution is 2.12. The number of carbonyl (C=O) groups excluding carboxylic acids is 1. The van der Waals surface area contributed by atoms with E-state index in [0.29, 0.717) is 17.5 Å². The molecule has 1 unspecified atom stereocenters. The fraction of sp³-hybridized carbons (Fsp3) is 0.385. The molecule has 5 heteroatoms. The number of aromatic amines is 1. The second-order valence-electron chi connectivity index (χ2n) is 4.40. The van der Waals surface area contributed by atoms with Crippen molar-refractivity contribution in [1.82, 2.24) is 10.3 Å². The average molecular weight is 248 g/mol. The Morgan fingerprint density at radius 1 is 1.50 bits per heavy atom. The highest BCUT2D eigenvalue weighted by Gasteiger charge is 2.08. The fourth-order valence-corrected chi connectivity index (χ4v) is 1.72. The molecule has 0 bridgehead atoms. The molecule has 5 nitrogen and oxygen atoms in total. The second kappa shape index (κ2) is 5.08. The van der Waals surface area contributed by atoms with Crippen LogP contribution in [0, 0.1) is 0 Å². The lowest BCUT2D eigenvalue weighted by molar-refractivity contribution is -0.121. The molecule has 2 aromatic rings. The van der Waals surface area contributed by atoms with Crippen LogP contribution in [0.5, 0.6) is 0 Å². The van der Waals surface area contributed by atoms with Gasteiger partial charge in [-0.3, -0.25) is 9.78 Å². The van der Waals surface area contributed by atoms with Crippen LogP contribution in [0.2, 0.25) is 0 Å². The van der Waals surface area contributed by atoms with Crippen LogP contribution in [-0.4, -0.2) is 16.9 Å². The van der Waals surface area contributed by atoms with Gasteiger partial charge in [0.1, 0.15) is 0 Å². The third kappa shape index (κ3) is 2.80. The van der Waals surface area contributed by atoms with E-state index >= 15 is 0 Å². The van der Waals surface area contributed by atoms with Gasteiger partial charge in [0.25, 0.3) is 0 Å². The van der Waals surface area contributed by atoms with Crippen LogP contribution >= 0.6 is 0 Å². The van der Waals surface area contributed by atoms with Gasteiger partial charge in [0.15, 0.2) is 5.58 Å². The Morgan fingerprint density at radius 3 is 3.00 bits per heavy atom. The summed E-state index contributed by atoms with van der Waals surface area (Å²) >= 11 is 0. The van der Waals surface area contributed by atoms with Crippen LogP contribution in [-0.2, 0) is 11.2 Å². The van der Waals surface area contributed by atoms with Crippen molar-refractivity contribution < 1.29 is 9.21 Å². The van der Waals surface area contributed by atoms with E-state index in [1.165, 1.54) is 0 Å². The maximum Gasteiger partial charge on any atom is 0.417 e. The average Bonchev–Trinajstić information content (AvgIpc) is 2.68. The minimum Gasteiger partial charge on any atom is -0.408 e. The van der Waals surface area contributed by atoms with Crippen molar-refractivity contribution in [2.24, 2.45) is 0 Å². The first-order valence-electron chi connectivity index (χ1n) is 5.99. The second-order valence-corrected chi connectivity index (χ2v) is 4.40. The van der Waals surface area contributed by atoms with Crippen molar-refractivity contribution in [3.8, 4) is 0 Å². The highest BCUT2D eigenvalue weighted by atomic mass is 16.4. The third-order valence-electron chi connectivity index (χ3n) is 2.87. The van der Waals surface area contributed by atoms with Gasteiger partial charge in [-0.05, 0) is 31.0 Å². The molecule has 0 saturated carbocycles. The summed E-state index contributed by atoms with van der Waals surface area (Å²) in [7, 11) is 0. The summed E-state index contributed by atoms with van der Waals surface area (Å²) in [5.74, 6) is -0.499. The maximum atomic E-state index is 11.7. The number of hydrogen-bond donors (Lipinski definition) is 2. The van der Waals surface area contributed by atoms with E-state index in [9.17, 15) is 9.59 Å². The lowest BCUT2D eigenvalue weighted by Gasteiger charge is -2.11. The summed E-state index contributed by atoms with van der Waals surface area (Å²) in [6, 6.07) is 5.42. The van der Waals surface area contributed by atoms with Crippen molar-refractivity contribution in [3.05, 3.63) is 34.3 Å². The van der Waals surface area contributed by atoms with Crippen molar-refractivity contribution in [1.29, 1.82) is 0 Å². The molecule has 1 aromatic carbocycles. The van der Waals surface area contributed by atoms with Gasteiger partial charge in [-0.25, -0.2) is 4.79 Å². The van der Waals surface area contributed by atoms with E-state index in [4.69, 9.17) is 4.42 Å². The zero-order valence-corrected chi connectivity index (χ0v) is 10.4. The molecule has 0 spiro atoms. The van der Waals surface area contributed by atoms with Crippen LogP contribution in [0.3, 0.4) is 0 Å². The molecular formula is C13H16N2O3. The van der Waals surface area contributed by atoms with Crippen LogP contribution in [0.1, 0.15) is 25.8 Å². The minimum atomic E-state index is -0.480. The van der Waals surface area contributed by atoms with Gasteiger partial charge < -0.3 is 9.73 Å². The Hall–Kier alpha value is -2.04. The summed E-state index contributed by atoms with van der Waals surface area (Å²) < 4.78 is 4.90. The number of rotatable bonds is 4. The molecule has 2 rings (SSSR count). The summed E-state index contributed by atoms with van der Waals surface area (Å²) in [5.41, 5.74) is 1.97. The quantitative estimate of drug-likeness (QED) is 0.862. The molecule has 0 radical (unpaired) electrons. The van der Waals surface area contributed by atoms with Crippen LogP contribution in [0.25, 0.3) is 11.1 Å². The molecule has 1 atom stereocenters. The van der Waals surface area contributed by atoms with Crippen molar-refractivity contribution in [2.45, 2.75) is 32.7 Å². The Bertz CT molecular complexity index is 612. The van der Waals surface area contributed by atoms with E-state index in [0.717, 1.165) is 12.0 Å². The van der Waals surface area contributed by atoms with Gasteiger partial charge in [0.2, 0.25) is 5.91 Å². The van der Waals surface area contributed by atoms with Gasteiger partial charge >= 0.3 is 5.76 Å². The van der Waals surface area contributed by atoms with E-state index in [2.05, 4.69) is 10.3 Å².